The summed E-state index contributed by atoms with van der Waals surface area (Å²) < 4.78 is 0. The predicted molar refractivity (Wildman–Crippen MR) is 73.1 cm³/mol. The molecule has 17 heavy (non-hydrogen) atoms. The van der Waals surface area contributed by atoms with Crippen molar-refractivity contribution in [2.24, 2.45) is 11.8 Å². The van der Waals surface area contributed by atoms with Gasteiger partial charge in [-0.1, -0.05) is 51.1 Å². The van der Waals surface area contributed by atoms with Crippen LogP contribution >= 0.6 is 0 Å². The molecule has 0 saturated heterocycles. The third-order valence-corrected chi connectivity index (χ3v) is 3.20. The van der Waals surface area contributed by atoms with E-state index >= 15 is 0 Å². The second-order valence-corrected chi connectivity index (χ2v) is 5.21. The maximum Gasteiger partial charge on any atom is 0.0468 e. The number of hydrogen-bond acceptors (Lipinski definition) is 2. The van der Waals surface area contributed by atoms with Crippen molar-refractivity contribution < 1.29 is 5.11 Å². The summed E-state index contributed by atoms with van der Waals surface area (Å²) in [5.74, 6) is 1.50. The summed E-state index contributed by atoms with van der Waals surface area (Å²) >= 11 is 0. The Bertz CT molecular complexity index is 297. The lowest BCUT2D eigenvalue weighted by Gasteiger charge is -2.22. The lowest BCUT2D eigenvalue weighted by Crippen LogP contribution is -2.29. The van der Waals surface area contributed by atoms with Crippen molar-refractivity contribution in [3.05, 3.63) is 35.9 Å². The average Bonchev–Trinajstić information content (AvgIpc) is 2.34. The third kappa shape index (κ3) is 4.88. The highest BCUT2D eigenvalue weighted by Crippen LogP contribution is 2.23. The highest BCUT2D eigenvalue weighted by molar-refractivity contribution is 5.20. The van der Waals surface area contributed by atoms with E-state index in [1.165, 1.54) is 5.56 Å². The van der Waals surface area contributed by atoms with Crippen LogP contribution in [0.25, 0.3) is 0 Å². The number of benzene rings is 1. The molecule has 2 heteroatoms. The van der Waals surface area contributed by atoms with Crippen LogP contribution in [0.4, 0.5) is 0 Å². The van der Waals surface area contributed by atoms with E-state index in [2.05, 4.69) is 56.4 Å². The summed E-state index contributed by atoms with van der Waals surface area (Å²) in [7, 11) is 0. The Labute approximate surface area is 105 Å². The molecule has 0 fully saturated rings. The second kappa shape index (κ2) is 7.46. The van der Waals surface area contributed by atoms with Crippen LogP contribution in [0, 0.1) is 11.8 Å². The van der Waals surface area contributed by atoms with Crippen molar-refractivity contribution >= 4 is 0 Å². The van der Waals surface area contributed by atoms with Crippen LogP contribution in [0.1, 0.15) is 32.3 Å². The van der Waals surface area contributed by atoms with Crippen molar-refractivity contribution in [2.45, 2.75) is 26.7 Å². The van der Waals surface area contributed by atoms with Crippen molar-refractivity contribution in [1.82, 2.24) is 5.32 Å². The Hall–Kier alpha value is -0.860. The molecule has 0 radical (unpaired) electrons. The van der Waals surface area contributed by atoms with Crippen LogP contribution in [0.2, 0.25) is 0 Å². The molecule has 0 bridgehead atoms. The SMILES string of the molecule is CC(CO)CNCC(c1ccccc1)C(C)C. The number of hydrogen-bond donors (Lipinski definition) is 2. The van der Waals surface area contributed by atoms with Crippen LogP contribution in [-0.2, 0) is 0 Å². The molecule has 0 spiro atoms. The van der Waals surface area contributed by atoms with Gasteiger partial charge in [-0.05, 0) is 29.9 Å². The molecule has 2 atom stereocenters. The smallest absolute Gasteiger partial charge is 0.0468 e. The Balaban J connectivity index is 2.50. The Morgan fingerprint density at radius 1 is 1.06 bits per heavy atom. The highest BCUT2D eigenvalue weighted by Gasteiger charge is 2.15. The van der Waals surface area contributed by atoms with Crippen LogP contribution < -0.4 is 5.32 Å². The molecule has 1 aromatic rings. The van der Waals surface area contributed by atoms with Gasteiger partial charge in [0, 0.05) is 13.2 Å². The maximum atomic E-state index is 8.99. The zero-order chi connectivity index (χ0) is 12.7. The number of rotatable bonds is 7. The molecule has 0 aromatic heterocycles. The predicted octanol–water partition coefficient (Wildman–Crippen LogP) is 2.64. The molecular weight excluding hydrogens is 210 g/mol. The first-order valence-corrected chi connectivity index (χ1v) is 6.51. The summed E-state index contributed by atoms with van der Waals surface area (Å²) in [5.41, 5.74) is 1.40. The molecular formula is C15H25NO. The first-order valence-electron chi connectivity index (χ1n) is 6.51. The van der Waals surface area contributed by atoms with E-state index in [0.29, 0.717) is 17.8 Å². The van der Waals surface area contributed by atoms with Crippen LogP contribution in [0.5, 0.6) is 0 Å². The highest BCUT2D eigenvalue weighted by atomic mass is 16.3. The number of aliphatic hydroxyl groups excluding tert-OH is 1. The van der Waals surface area contributed by atoms with Gasteiger partial charge in [0.2, 0.25) is 0 Å². The molecule has 1 aromatic carbocycles. The van der Waals surface area contributed by atoms with E-state index in [1.807, 2.05) is 0 Å². The monoisotopic (exact) mass is 235 g/mol. The van der Waals surface area contributed by atoms with Gasteiger partial charge in [-0.3, -0.25) is 0 Å². The van der Waals surface area contributed by atoms with E-state index in [9.17, 15) is 0 Å². The van der Waals surface area contributed by atoms with Gasteiger partial charge in [0.1, 0.15) is 0 Å². The number of aliphatic hydroxyl groups is 1. The fourth-order valence-electron chi connectivity index (χ4n) is 1.99. The fraction of sp³-hybridized carbons (Fsp3) is 0.600. The minimum absolute atomic E-state index is 0.255. The number of nitrogens with one attached hydrogen (secondary N) is 1. The van der Waals surface area contributed by atoms with Gasteiger partial charge in [-0.2, -0.15) is 0 Å². The van der Waals surface area contributed by atoms with Gasteiger partial charge in [-0.15, -0.1) is 0 Å². The van der Waals surface area contributed by atoms with Crippen molar-refractivity contribution in [1.29, 1.82) is 0 Å². The molecule has 2 unspecified atom stereocenters. The largest absolute Gasteiger partial charge is 0.396 e. The van der Waals surface area contributed by atoms with E-state index in [0.717, 1.165) is 13.1 Å². The first-order chi connectivity index (χ1) is 8.15. The van der Waals surface area contributed by atoms with Crippen molar-refractivity contribution in [2.75, 3.05) is 19.7 Å². The first kappa shape index (κ1) is 14.2. The van der Waals surface area contributed by atoms with Crippen molar-refractivity contribution in [3.63, 3.8) is 0 Å². The molecule has 2 nitrogen and oxygen atoms in total. The molecule has 0 saturated carbocycles. The van der Waals surface area contributed by atoms with Gasteiger partial charge < -0.3 is 10.4 Å². The molecule has 2 N–H and O–H groups in total. The van der Waals surface area contributed by atoms with Crippen molar-refractivity contribution in [3.8, 4) is 0 Å². The molecule has 0 amide bonds. The van der Waals surface area contributed by atoms with Gasteiger partial charge in [0.05, 0.1) is 0 Å². The van der Waals surface area contributed by atoms with Gasteiger partial charge >= 0.3 is 0 Å². The van der Waals surface area contributed by atoms with E-state index in [4.69, 9.17) is 5.11 Å². The van der Waals surface area contributed by atoms with Gasteiger partial charge in [0.25, 0.3) is 0 Å². The van der Waals surface area contributed by atoms with Crippen LogP contribution in [0.3, 0.4) is 0 Å². The van der Waals surface area contributed by atoms with Crippen LogP contribution in [-0.4, -0.2) is 24.8 Å². The van der Waals surface area contributed by atoms with E-state index in [1.54, 1.807) is 0 Å². The minimum atomic E-state index is 0.255. The molecule has 96 valence electrons. The normalized spacial score (nSPS) is 14.9. The summed E-state index contributed by atoms with van der Waals surface area (Å²) in [6, 6.07) is 10.6. The fourth-order valence-corrected chi connectivity index (χ4v) is 1.99. The van der Waals surface area contributed by atoms with E-state index < -0.39 is 0 Å². The Morgan fingerprint density at radius 3 is 2.24 bits per heavy atom. The summed E-state index contributed by atoms with van der Waals surface area (Å²) in [5, 5.41) is 12.4. The maximum absolute atomic E-state index is 8.99. The summed E-state index contributed by atoms with van der Waals surface area (Å²) in [4.78, 5) is 0. The minimum Gasteiger partial charge on any atom is -0.396 e. The standard InChI is InChI=1S/C15H25NO/c1-12(2)15(10-16-9-13(3)11-17)14-7-5-4-6-8-14/h4-8,12-13,15-17H,9-11H2,1-3H3. The lowest BCUT2D eigenvalue weighted by molar-refractivity contribution is 0.232. The quantitative estimate of drug-likeness (QED) is 0.761. The summed E-state index contributed by atoms with van der Waals surface area (Å²) in [6.07, 6.45) is 0. The molecule has 0 aliphatic heterocycles. The molecule has 0 heterocycles. The molecule has 0 aliphatic rings. The zero-order valence-electron chi connectivity index (χ0n) is 11.2. The third-order valence-electron chi connectivity index (χ3n) is 3.20. The molecule has 0 aliphatic carbocycles. The second-order valence-electron chi connectivity index (χ2n) is 5.21. The molecule has 1 rings (SSSR count). The Kier molecular flexibility index (Phi) is 6.23. The van der Waals surface area contributed by atoms with E-state index in [-0.39, 0.29) is 6.61 Å². The van der Waals surface area contributed by atoms with Gasteiger partial charge in [0.15, 0.2) is 0 Å². The zero-order valence-corrected chi connectivity index (χ0v) is 11.2. The lowest BCUT2D eigenvalue weighted by atomic mass is 9.88. The van der Waals surface area contributed by atoms with Crippen LogP contribution in [0.15, 0.2) is 30.3 Å². The topological polar surface area (TPSA) is 32.3 Å². The average molecular weight is 235 g/mol. The summed E-state index contributed by atoms with van der Waals surface area (Å²) in [6.45, 7) is 8.69. The Morgan fingerprint density at radius 2 is 1.71 bits per heavy atom. The van der Waals surface area contributed by atoms with Gasteiger partial charge in [-0.25, -0.2) is 0 Å².